The first-order valence-corrected chi connectivity index (χ1v) is 11.3. The maximum atomic E-state index is 13.4. The van der Waals surface area contributed by atoms with Gasteiger partial charge in [-0.05, 0) is 58.6 Å². The summed E-state index contributed by atoms with van der Waals surface area (Å²) in [6.45, 7) is 2.09. The Balaban J connectivity index is 1.58. The van der Waals surface area contributed by atoms with Gasteiger partial charge in [0.25, 0.3) is 5.91 Å². The second-order valence-electron chi connectivity index (χ2n) is 7.77. The van der Waals surface area contributed by atoms with Crippen LogP contribution in [0.2, 0.25) is 0 Å². The zero-order chi connectivity index (χ0) is 24.3. The van der Waals surface area contributed by atoms with Crippen LogP contribution in [-0.2, 0) is 11.2 Å². The molecule has 1 saturated heterocycles. The van der Waals surface area contributed by atoms with Crippen LogP contribution in [0.1, 0.15) is 15.9 Å². The number of rotatable bonds is 6. The fraction of sp³-hybridized carbons (Fsp3) is 0.250. The number of hydrogen-bond donors (Lipinski definition) is 1. The number of carbonyl (C=O) groups is 2. The quantitative estimate of drug-likeness (QED) is 0.499. The number of alkyl halides is 3. The first-order valence-electron chi connectivity index (χ1n) is 10.5. The smallest absolute Gasteiger partial charge is 0.481 e. The fourth-order valence-corrected chi connectivity index (χ4v) is 4.76. The third-order valence-electron chi connectivity index (χ3n) is 5.31. The van der Waals surface area contributed by atoms with Gasteiger partial charge in [-0.25, -0.2) is 4.31 Å². The Morgan fingerprint density at radius 2 is 1.68 bits per heavy atom. The molecule has 178 valence electrons. The maximum Gasteiger partial charge on any atom is 0.573 e. The molecule has 0 aliphatic carbocycles. The monoisotopic (exact) mass is 490 g/mol. The highest BCUT2D eigenvalue weighted by molar-refractivity contribution is 7.97. The van der Waals surface area contributed by atoms with Crippen LogP contribution >= 0.6 is 11.9 Å². The number of aliphatic carboxylic acids is 1. The van der Waals surface area contributed by atoms with Crippen molar-refractivity contribution in [1.82, 2.24) is 9.21 Å². The average molecular weight is 491 g/mol. The molecule has 1 amide bonds. The second kappa shape index (κ2) is 9.94. The van der Waals surface area contributed by atoms with Crippen molar-refractivity contribution in [3.8, 4) is 5.75 Å². The molecule has 0 unspecified atom stereocenters. The summed E-state index contributed by atoms with van der Waals surface area (Å²) in [7, 11) is 0. The van der Waals surface area contributed by atoms with Gasteiger partial charge in [0.15, 0.2) is 0 Å². The second-order valence-corrected chi connectivity index (χ2v) is 8.94. The maximum absolute atomic E-state index is 13.4. The molecular formula is C24H21F3N2O4S. The SMILES string of the molecule is O=C(O)Cc1cc(C(=O)N2CCN(Sc3ccccc3)CC2)c2cc(OC(F)(F)F)ccc2c1. The Hall–Kier alpha value is -3.24. The van der Waals surface area contributed by atoms with E-state index in [2.05, 4.69) is 9.04 Å². The third-order valence-corrected chi connectivity index (χ3v) is 6.41. The summed E-state index contributed by atoms with van der Waals surface area (Å²) in [5, 5.41) is 9.94. The predicted molar refractivity (Wildman–Crippen MR) is 122 cm³/mol. The van der Waals surface area contributed by atoms with Crippen molar-refractivity contribution >= 4 is 34.6 Å². The highest BCUT2D eigenvalue weighted by Crippen LogP contribution is 2.31. The fourth-order valence-electron chi connectivity index (χ4n) is 3.83. The van der Waals surface area contributed by atoms with Crippen molar-refractivity contribution in [1.29, 1.82) is 0 Å². The van der Waals surface area contributed by atoms with E-state index in [0.717, 1.165) is 11.0 Å². The van der Waals surface area contributed by atoms with Crippen molar-refractivity contribution < 1.29 is 32.6 Å². The molecule has 3 aromatic carbocycles. The van der Waals surface area contributed by atoms with Crippen molar-refractivity contribution in [2.75, 3.05) is 26.2 Å². The van der Waals surface area contributed by atoms with Gasteiger partial charge < -0.3 is 14.7 Å². The molecule has 1 aliphatic rings. The summed E-state index contributed by atoms with van der Waals surface area (Å²) in [5.74, 6) is -1.86. The van der Waals surface area contributed by atoms with Gasteiger partial charge in [-0.2, -0.15) is 0 Å². The van der Waals surface area contributed by atoms with Crippen LogP contribution < -0.4 is 4.74 Å². The number of nitrogens with zero attached hydrogens (tertiary/aromatic N) is 2. The minimum atomic E-state index is -4.87. The molecule has 0 saturated carbocycles. The highest BCUT2D eigenvalue weighted by Gasteiger charge is 2.31. The van der Waals surface area contributed by atoms with Gasteiger partial charge >= 0.3 is 12.3 Å². The van der Waals surface area contributed by atoms with Gasteiger partial charge in [0.2, 0.25) is 0 Å². The van der Waals surface area contributed by atoms with E-state index in [-0.39, 0.29) is 23.3 Å². The van der Waals surface area contributed by atoms with Crippen molar-refractivity contribution in [2.24, 2.45) is 0 Å². The number of benzene rings is 3. The standard InChI is InChI=1S/C24H21F3N2O4S/c25-24(26,27)33-18-7-6-17-12-16(14-22(30)31)13-21(20(17)15-18)23(32)28-8-10-29(11-9-28)34-19-4-2-1-3-5-19/h1-7,12-13,15H,8-11,14H2,(H,30,31). The van der Waals surface area contributed by atoms with Crippen LogP contribution in [0, 0.1) is 0 Å². The largest absolute Gasteiger partial charge is 0.573 e. The summed E-state index contributed by atoms with van der Waals surface area (Å²) >= 11 is 1.60. The van der Waals surface area contributed by atoms with E-state index < -0.39 is 18.1 Å². The number of fused-ring (bicyclic) bond motifs is 1. The van der Waals surface area contributed by atoms with Crippen molar-refractivity contribution in [3.05, 3.63) is 71.8 Å². The minimum Gasteiger partial charge on any atom is -0.481 e. The van der Waals surface area contributed by atoms with Gasteiger partial charge in [0.05, 0.1) is 6.42 Å². The molecule has 0 bridgehead atoms. The topological polar surface area (TPSA) is 70.1 Å². The lowest BCUT2D eigenvalue weighted by Crippen LogP contribution is -2.46. The Kier molecular flexibility index (Phi) is 6.99. The van der Waals surface area contributed by atoms with E-state index >= 15 is 0 Å². The van der Waals surface area contributed by atoms with Gasteiger partial charge in [-0.1, -0.05) is 30.3 Å². The van der Waals surface area contributed by atoms with E-state index in [0.29, 0.717) is 37.1 Å². The number of carboxylic acids is 1. The molecule has 6 nitrogen and oxygen atoms in total. The lowest BCUT2D eigenvalue weighted by Gasteiger charge is -2.34. The van der Waals surface area contributed by atoms with Crippen LogP contribution in [0.15, 0.2) is 65.6 Å². The van der Waals surface area contributed by atoms with Gasteiger partial charge in [-0.15, -0.1) is 13.2 Å². The molecule has 0 radical (unpaired) electrons. The molecule has 0 atom stereocenters. The number of amides is 1. The zero-order valence-corrected chi connectivity index (χ0v) is 18.7. The predicted octanol–water partition coefficient (Wildman–Crippen LogP) is 4.83. The molecule has 10 heteroatoms. The molecule has 1 fully saturated rings. The summed E-state index contributed by atoms with van der Waals surface area (Å²) in [4.78, 5) is 27.4. The number of piperazine rings is 1. The van der Waals surface area contributed by atoms with Crippen LogP contribution in [0.4, 0.5) is 13.2 Å². The Morgan fingerprint density at radius 1 is 0.971 bits per heavy atom. The minimum absolute atomic E-state index is 0.158. The number of hydrogen-bond acceptors (Lipinski definition) is 5. The molecule has 1 aliphatic heterocycles. The summed E-state index contributed by atoms with van der Waals surface area (Å²) < 4.78 is 44.3. The lowest BCUT2D eigenvalue weighted by molar-refractivity contribution is -0.274. The van der Waals surface area contributed by atoms with Crippen LogP contribution in [0.3, 0.4) is 0 Å². The first-order chi connectivity index (χ1) is 16.2. The van der Waals surface area contributed by atoms with Crippen molar-refractivity contribution in [3.63, 3.8) is 0 Å². The van der Waals surface area contributed by atoms with Crippen LogP contribution in [0.5, 0.6) is 5.75 Å². The molecule has 0 spiro atoms. The van der Waals surface area contributed by atoms with Crippen molar-refractivity contribution in [2.45, 2.75) is 17.7 Å². The number of halogens is 3. The van der Waals surface area contributed by atoms with Gasteiger partial charge in [-0.3, -0.25) is 9.59 Å². The Morgan fingerprint density at radius 3 is 2.32 bits per heavy atom. The molecule has 0 aromatic heterocycles. The van der Waals surface area contributed by atoms with Crippen LogP contribution in [-0.4, -0.2) is 58.7 Å². The van der Waals surface area contributed by atoms with Gasteiger partial charge in [0, 0.05) is 36.6 Å². The lowest BCUT2D eigenvalue weighted by atomic mass is 9.98. The molecule has 3 aromatic rings. The van der Waals surface area contributed by atoms with E-state index in [1.807, 2.05) is 30.3 Å². The van der Waals surface area contributed by atoms with Gasteiger partial charge in [0.1, 0.15) is 5.75 Å². The summed E-state index contributed by atoms with van der Waals surface area (Å²) in [5.41, 5.74) is 0.552. The Labute approximate surface area is 198 Å². The third kappa shape index (κ3) is 6.00. The summed E-state index contributed by atoms with van der Waals surface area (Å²) in [6, 6.07) is 16.6. The highest BCUT2D eigenvalue weighted by atomic mass is 32.2. The first kappa shape index (κ1) is 23.9. The molecule has 1 N–H and O–H groups in total. The molecular weight excluding hydrogens is 469 g/mol. The summed E-state index contributed by atoms with van der Waals surface area (Å²) in [6.07, 6.45) is -5.17. The molecule has 4 rings (SSSR count). The van der Waals surface area contributed by atoms with E-state index in [1.165, 1.54) is 18.2 Å². The Bertz CT molecular complexity index is 1200. The number of carbonyl (C=O) groups excluding carboxylic acids is 1. The number of ether oxygens (including phenoxy) is 1. The average Bonchev–Trinajstić information content (AvgIpc) is 2.78. The van der Waals surface area contributed by atoms with E-state index in [1.54, 1.807) is 22.9 Å². The van der Waals surface area contributed by atoms with E-state index in [9.17, 15) is 27.9 Å². The van der Waals surface area contributed by atoms with E-state index in [4.69, 9.17) is 0 Å². The molecule has 34 heavy (non-hydrogen) atoms. The zero-order valence-electron chi connectivity index (χ0n) is 17.9. The van der Waals surface area contributed by atoms with Crippen LogP contribution in [0.25, 0.3) is 10.8 Å². The number of carboxylic acid groups (broad SMARTS) is 1. The normalized spacial score (nSPS) is 14.9. The molecule has 1 heterocycles.